The van der Waals surface area contributed by atoms with Gasteiger partial charge in [0.1, 0.15) is 0 Å². The van der Waals surface area contributed by atoms with E-state index in [-0.39, 0.29) is 0 Å². The Labute approximate surface area is 158 Å². The van der Waals surface area contributed by atoms with E-state index >= 15 is 0 Å². The highest BCUT2D eigenvalue weighted by molar-refractivity contribution is 5.26. The molecule has 0 amide bonds. The smallest absolute Gasteiger partial charge is 0.0715 e. The van der Waals surface area contributed by atoms with Crippen molar-refractivity contribution in [3.05, 3.63) is 71.3 Å². The Morgan fingerprint density at radius 1 is 0.731 bits per heavy atom. The van der Waals surface area contributed by atoms with E-state index in [4.69, 9.17) is 4.74 Å². The highest BCUT2D eigenvalue weighted by Crippen LogP contribution is 2.12. The summed E-state index contributed by atoms with van der Waals surface area (Å²) in [7, 11) is 1.77. The van der Waals surface area contributed by atoms with Crippen molar-refractivity contribution in [3.8, 4) is 0 Å². The van der Waals surface area contributed by atoms with Crippen LogP contribution in [0.4, 0.5) is 0 Å². The lowest BCUT2D eigenvalue weighted by Gasteiger charge is -2.34. The van der Waals surface area contributed by atoms with E-state index in [1.165, 1.54) is 62.3 Å². The Kier molecular flexibility index (Phi) is 7.68. The summed E-state index contributed by atoms with van der Waals surface area (Å²) in [6.07, 6.45) is 3.57. The number of rotatable bonds is 9. The molecule has 1 fully saturated rings. The molecule has 1 aliphatic rings. The molecular formula is C23H32N2O. The number of hydrogen-bond donors (Lipinski definition) is 0. The lowest BCUT2D eigenvalue weighted by Crippen LogP contribution is -2.47. The van der Waals surface area contributed by atoms with Gasteiger partial charge in [-0.1, -0.05) is 54.6 Å². The summed E-state index contributed by atoms with van der Waals surface area (Å²) in [5.41, 5.74) is 4.22. The highest BCUT2D eigenvalue weighted by Gasteiger charge is 2.16. The fourth-order valence-corrected chi connectivity index (χ4v) is 3.76. The molecule has 3 rings (SSSR count). The van der Waals surface area contributed by atoms with Crippen molar-refractivity contribution in [2.75, 3.05) is 46.4 Å². The second kappa shape index (κ2) is 10.5. The van der Waals surface area contributed by atoms with Crippen molar-refractivity contribution in [2.24, 2.45) is 0 Å². The Balaban J connectivity index is 1.35. The summed E-state index contributed by atoms with van der Waals surface area (Å²) in [6.45, 7) is 7.88. The van der Waals surface area contributed by atoms with Crippen LogP contribution in [0, 0.1) is 0 Å². The van der Waals surface area contributed by atoms with Gasteiger partial charge in [0.05, 0.1) is 6.61 Å². The van der Waals surface area contributed by atoms with Crippen LogP contribution in [0.2, 0.25) is 0 Å². The molecule has 3 nitrogen and oxygen atoms in total. The van der Waals surface area contributed by atoms with Crippen molar-refractivity contribution in [2.45, 2.75) is 25.9 Å². The molecule has 1 aliphatic heterocycles. The van der Waals surface area contributed by atoms with Crippen molar-refractivity contribution >= 4 is 0 Å². The second-order valence-electron chi connectivity index (χ2n) is 7.22. The number of benzene rings is 2. The van der Waals surface area contributed by atoms with Crippen LogP contribution in [-0.4, -0.2) is 56.2 Å². The van der Waals surface area contributed by atoms with Gasteiger partial charge in [0.15, 0.2) is 0 Å². The number of methoxy groups -OCH3 is 1. The topological polar surface area (TPSA) is 15.7 Å². The molecule has 0 radical (unpaired) electrons. The van der Waals surface area contributed by atoms with Gasteiger partial charge in [-0.15, -0.1) is 0 Å². The zero-order chi connectivity index (χ0) is 18.0. The fourth-order valence-electron chi connectivity index (χ4n) is 3.76. The molecule has 1 saturated heterocycles. The highest BCUT2D eigenvalue weighted by atomic mass is 16.5. The Morgan fingerprint density at radius 2 is 1.35 bits per heavy atom. The third kappa shape index (κ3) is 5.94. The van der Waals surface area contributed by atoms with Crippen molar-refractivity contribution in [1.29, 1.82) is 0 Å². The summed E-state index contributed by atoms with van der Waals surface area (Å²) >= 11 is 0. The minimum Gasteiger partial charge on any atom is -0.380 e. The van der Waals surface area contributed by atoms with Crippen LogP contribution in [0.5, 0.6) is 0 Å². The van der Waals surface area contributed by atoms with Crippen LogP contribution in [0.3, 0.4) is 0 Å². The first-order valence-electron chi connectivity index (χ1n) is 9.89. The van der Waals surface area contributed by atoms with Crippen molar-refractivity contribution in [1.82, 2.24) is 9.80 Å². The molecule has 26 heavy (non-hydrogen) atoms. The van der Waals surface area contributed by atoms with Crippen LogP contribution in [-0.2, 0) is 24.2 Å². The number of piperazine rings is 1. The number of nitrogens with zero attached hydrogens (tertiary/aromatic N) is 2. The summed E-state index contributed by atoms with van der Waals surface area (Å²) < 4.78 is 5.32. The SMILES string of the molecule is COCc1ccccc1CCN1CCN(CCCc2ccccc2)CC1. The Hall–Kier alpha value is -1.68. The van der Waals surface area contributed by atoms with Gasteiger partial charge in [0.25, 0.3) is 0 Å². The predicted octanol–water partition coefficient (Wildman–Crippen LogP) is 3.63. The standard InChI is InChI=1S/C23H32N2O/c1-26-20-23-12-6-5-11-22(23)13-15-25-18-16-24(17-19-25)14-7-10-21-8-3-2-4-9-21/h2-6,8-9,11-12H,7,10,13-20H2,1H3. The molecule has 140 valence electrons. The molecule has 1 heterocycles. The third-order valence-corrected chi connectivity index (χ3v) is 5.36. The molecule has 0 N–H and O–H groups in total. The van der Waals surface area contributed by atoms with Gasteiger partial charge in [0, 0.05) is 39.8 Å². The largest absolute Gasteiger partial charge is 0.380 e. The zero-order valence-electron chi connectivity index (χ0n) is 16.1. The summed E-state index contributed by atoms with van der Waals surface area (Å²) in [6, 6.07) is 19.5. The van der Waals surface area contributed by atoms with E-state index in [1.54, 1.807) is 7.11 Å². The lowest BCUT2D eigenvalue weighted by atomic mass is 10.0. The normalized spacial score (nSPS) is 16.0. The van der Waals surface area contributed by atoms with Gasteiger partial charge in [-0.25, -0.2) is 0 Å². The molecule has 0 saturated carbocycles. The molecular weight excluding hydrogens is 320 g/mol. The quantitative estimate of drug-likeness (QED) is 0.685. The summed E-state index contributed by atoms with van der Waals surface area (Å²) in [5, 5.41) is 0. The maximum absolute atomic E-state index is 5.32. The molecule has 0 spiro atoms. The fraction of sp³-hybridized carbons (Fsp3) is 0.478. The van der Waals surface area contributed by atoms with Gasteiger partial charge >= 0.3 is 0 Å². The van der Waals surface area contributed by atoms with Crippen molar-refractivity contribution < 1.29 is 4.74 Å². The molecule has 0 bridgehead atoms. The molecule has 0 aliphatic carbocycles. The first-order valence-corrected chi connectivity index (χ1v) is 9.89. The van der Waals surface area contributed by atoms with E-state index in [0.29, 0.717) is 6.61 Å². The number of ether oxygens (including phenoxy) is 1. The zero-order valence-corrected chi connectivity index (χ0v) is 16.1. The van der Waals surface area contributed by atoms with Gasteiger partial charge in [0.2, 0.25) is 0 Å². The minimum absolute atomic E-state index is 0.714. The third-order valence-electron chi connectivity index (χ3n) is 5.36. The molecule has 0 atom stereocenters. The monoisotopic (exact) mass is 352 g/mol. The van der Waals surface area contributed by atoms with E-state index in [2.05, 4.69) is 64.4 Å². The molecule has 0 aromatic heterocycles. The van der Waals surface area contributed by atoms with Crippen LogP contribution >= 0.6 is 0 Å². The van der Waals surface area contributed by atoms with Crippen LogP contribution in [0.1, 0.15) is 23.1 Å². The first kappa shape index (κ1) is 19.1. The predicted molar refractivity (Wildman–Crippen MR) is 109 cm³/mol. The average Bonchev–Trinajstić information content (AvgIpc) is 2.69. The Morgan fingerprint density at radius 3 is 2.04 bits per heavy atom. The van der Waals surface area contributed by atoms with Gasteiger partial charge in [-0.3, -0.25) is 0 Å². The summed E-state index contributed by atoms with van der Waals surface area (Å²) in [4.78, 5) is 5.23. The van der Waals surface area contributed by atoms with Crippen LogP contribution in [0.25, 0.3) is 0 Å². The van der Waals surface area contributed by atoms with E-state index in [9.17, 15) is 0 Å². The molecule has 2 aromatic carbocycles. The van der Waals surface area contributed by atoms with Gasteiger partial charge in [-0.2, -0.15) is 0 Å². The maximum Gasteiger partial charge on any atom is 0.0715 e. The van der Waals surface area contributed by atoms with Crippen LogP contribution < -0.4 is 0 Å². The number of aryl methyl sites for hydroxylation is 1. The van der Waals surface area contributed by atoms with E-state index in [1.807, 2.05) is 0 Å². The van der Waals surface area contributed by atoms with Gasteiger partial charge in [-0.05, 0) is 42.5 Å². The summed E-state index contributed by atoms with van der Waals surface area (Å²) in [5.74, 6) is 0. The molecule has 2 aromatic rings. The average molecular weight is 353 g/mol. The first-order chi connectivity index (χ1) is 12.8. The lowest BCUT2D eigenvalue weighted by molar-refractivity contribution is 0.132. The second-order valence-corrected chi connectivity index (χ2v) is 7.22. The van der Waals surface area contributed by atoms with E-state index < -0.39 is 0 Å². The van der Waals surface area contributed by atoms with Gasteiger partial charge < -0.3 is 14.5 Å². The van der Waals surface area contributed by atoms with Crippen molar-refractivity contribution in [3.63, 3.8) is 0 Å². The Bertz CT molecular complexity index is 636. The maximum atomic E-state index is 5.32. The van der Waals surface area contributed by atoms with Crippen LogP contribution in [0.15, 0.2) is 54.6 Å². The molecule has 3 heteroatoms. The van der Waals surface area contributed by atoms with E-state index in [0.717, 1.165) is 13.0 Å². The minimum atomic E-state index is 0.714. The molecule has 0 unspecified atom stereocenters. The number of hydrogen-bond acceptors (Lipinski definition) is 3.